The van der Waals surface area contributed by atoms with Crippen molar-refractivity contribution in [1.29, 1.82) is 0 Å². The predicted molar refractivity (Wildman–Crippen MR) is 88.3 cm³/mol. The smallest absolute Gasteiger partial charge is 0.0468 e. The standard InChI is InChI=1S/C16H15Cl2NO2S/c1-19-8-14(10-2-4-12(5-3-10)22(20)21)13-6-11(17)7-16(18)15(13)9-19/h2-7,14H,8-9H2,1H3,(H,20,21)/p-1. The van der Waals surface area contributed by atoms with Crippen molar-refractivity contribution in [3.05, 3.63) is 63.1 Å². The van der Waals surface area contributed by atoms with E-state index in [9.17, 15) is 8.76 Å². The number of benzene rings is 2. The minimum Gasteiger partial charge on any atom is -0.768 e. The lowest BCUT2D eigenvalue weighted by Crippen LogP contribution is -2.31. The Morgan fingerprint density at radius 1 is 1.23 bits per heavy atom. The van der Waals surface area contributed by atoms with Gasteiger partial charge in [0.05, 0.1) is 0 Å². The highest BCUT2D eigenvalue weighted by Gasteiger charge is 2.26. The fourth-order valence-corrected chi connectivity index (χ4v) is 3.87. The van der Waals surface area contributed by atoms with Crippen LogP contribution in [0.5, 0.6) is 0 Å². The van der Waals surface area contributed by atoms with E-state index in [0.29, 0.717) is 10.0 Å². The summed E-state index contributed by atoms with van der Waals surface area (Å²) >= 11 is 10.3. The van der Waals surface area contributed by atoms with E-state index in [0.717, 1.165) is 29.8 Å². The zero-order valence-electron chi connectivity index (χ0n) is 11.9. The zero-order valence-corrected chi connectivity index (χ0v) is 14.2. The zero-order chi connectivity index (χ0) is 15.9. The maximum absolute atomic E-state index is 11.0. The fraction of sp³-hybridized carbons (Fsp3) is 0.250. The van der Waals surface area contributed by atoms with E-state index >= 15 is 0 Å². The molecule has 3 nitrogen and oxygen atoms in total. The summed E-state index contributed by atoms with van der Waals surface area (Å²) in [6.45, 7) is 1.62. The first-order valence-corrected chi connectivity index (χ1v) is 8.64. The van der Waals surface area contributed by atoms with Crippen molar-refractivity contribution < 1.29 is 8.76 Å². The van der Waals surface area contributed by atoms with Gasteiger partial charge in [-0.1, -0.05) is 35.3 Å². The quantitative estimate of drug-likeness (QED) is 0.770. The molecule has 1 aliphatic rings. The summed E-state index contributed by atoms with van der Waals surface area (Å²) in [6, 6.07) is 10.7. The summed E-state index contributed by atoms with van der Waals surface area (Å²) < 4.78 is 22.0. The van der Waals surface area contributed by atoms with Gasteiger partial charge in [0.15, 0.2) is 0 Å². The van der Waals surface area contributed by atoms with Gasteiger partial charge in [0.1, 0.15) is 0 Å². The number of fused-ring (bicyclic) bond motifs is 1. The molecule has 0 radical (unpaired) electrons. The van der Waals surface area contributed by atoms with Gasteiger partial charge in [0.25, 0.3) is 0 Å². The van der Waals surface area contributed by atoms with E-state index in [-0.39, 0.29) is 10.8 Å². The number of halogens is 2. The number of rotatable bonds is 2. The number of hydrogen-bond acceptors (Lipinski definition) is 3. The first kappa shape index (κ1) is 16.0. The van der Waals surface area contributed by atoms with Crippen molar-refractivity contribution >= 4 is 34.3 Å². The summed E-state index contributed by atoms with van der Waals surface area (Å²) in [7, 11) is 2.04. The van der Waals surface area contributed by atoms with Crippen LogP contribution in [0.3, 0.4) is 0 Å². The maximum atomic E-state index is 11.0. The highest BCUT2D eigenvalue weighted by atomic mass is 35.5. The first-order valence-electron chi connectivity index (χ1n) is 6.81. The van der Waals surface area contributed by atoms with Gasteiger partial charge in [-0.25, -0.2) is 0 Å². The first-order chi connectivity index (χ1) is 10.5. The van der Waals surface area contributed by atoms with Gasteiger partial charge >= 0.3 is 0 Å². The molecule has 0 saturated carbocycles. The minimum atomic E-state index is -2.20. The molecular weight excluding hydrogens is 341 g/mol. The number of nitrogens with zero attached hydrogens (tertiary/aromatic N) is 1. The molecule has 0 fully saturated rings. The largest absolute Gasteiger partial charge is 0.768 e. The Kier molecular flexibility index (Phi) is 4.57. The lowest BCUT2D eigenvalue weighted by molar-refractivity contribution is 0.295. The van der Waals surface area contributed by atoms with Crippen molar-refractivity contribution in [2.24, 2.45) is 0 Å². The molecule has 1 aliphatic heterocycles. The normalized spacial score (nSPS) is 19.7. The van der Waals surface area contributed by atoms with Crippen molar-refractivity contribution in [2.45, 2.75) is 17.4 Å². The SMILES string of the molecule is CN1Cc2c(Cl)cc(Cl)cc2C(c2ccc(S(=O)[O-])cc2)C1. The fourth-order valence-electron chi connectivity index (χ4n) is 2.94. The Labute approximate surface area is 142 Å². The molecule has 6 heteroatoms. The third kappa shape index (κ3) is 3.07. The van der Waals surface area contributed by atoms with Crippen molar-refractivity contribution in [3.8, 4) is 0 Å². The molecule has 0 N–H and O–H groups in total. The molecule has 2 aromatic rings. The Bertz CT molecular complexity index is 734. The summed E-state index contributed by atoms with van der Waals surface area (Å²) in [5.74, 6) is 0.124. The second kappa shape index (κ2) is 6.30. The predicted octanol–water partition coefficient (Wildman–Crippen LogP) is 3.81. The lowest BCUT2D eigenvalue weighted by Gasteiger charge is -2.33. The molecule has 0 saturated heterocycles. The van der Waals surface area contributed by atoms with E-state index in [1.165, 1.54) is 0 Å². The van der Waals surface area contributed by atoms with Gasteiger partial charge < -0.3 is 9.45 Å². The monoisotopic (exact) mass is 354 g/mol. The number of likely N-dealkylation sites (N-methyl/N-ethyl adjacent to an activating group) is 1. The molecule has 2 aromatic carbocycles. The number of hydrogen-bond donors (Lipinski definition) is 0. The second-order valence-corrected chi connectivity index (χ2v) is 7.29. The summed E-state index contributed by atoms with van der Waals surface area (Å²) in [5, 5.41) is 1.30. The van der Waals surface area contributed by atoms with Gasteiger partial charge in [-0.2, -0.15) is 0 Å². The molecule has 0 bridgehead atoms. The van der Waals surface area contributed by atoms with Crippen molar-refractivity contribution in [2.75, 3.05) is 13.6 Å². The van der Waals surface area contributed by atoms with E-state index in [1.807, 2.05) is 25.2 Å². The van der Waals surface area contributed by atoms with Gasteiger partial charge in [-0.3, -0.25) is 4.21 Å². The van der Waals surface area contributed by atoms with Crippen LogP contribution in [0.15, 0.2) is 41.3 Å². The average molecular weight is 355 g/mol. The van der Waals surface area contributed by atoms with E-state index in [2.05, 4.69) is 4.90 Å². The van der Waals surface area contributed by atoms with Crippen molar-refractivity contribution in [3.63, 3.8) is 0 Å². The average Bonchev–Trinajstić information content (AvgIpc) is 2.47. The van der Waals surface area contributed by atoms with Gasteiger partial charge in [0.2, 0.25) is 0 Å². The lowest BCUT2D eigenvalue weighted by atomic mass is 9.85. The maximum Gasteiger partial charge on any atom is 0.0468 e. The minimum absolute atomic E-state index is 0.124. The summed E-state index contributed by atoms with van der Waals surface area (Å²) in [5.41, 5.74) is 3.26. The van der Waals surface area contributed by atoms with Crippen LogP contribution in [-0.4, -0.2) is 27.3 Å². The highest BCUT2D eigenvalue weighted by molar-refractivity contribution is 7.79. The molecule has 2 unspecified atom stereocenters. The third-order valence-corrected chi connectivity index (χ3v) is 5.18. The molecule has 3 rings (SSSR count). The Morgan fingerprint density at radius 2 is 1.91 bits per heavy atom. The van der Waals surface area contributed by atoms with E-state index < -0.39 is 11.1 Å². The Hall–Kier alpha value is -0.910. The molecule has 0 aliphatic carbocycles. The molecular formula is C16H14Cl2NO2S-. The highest BCUT2D eigenvalue weighted by Crippen LogP contribution is 2.38. The molecule has 0 amide bonds. The van der Waals surface area contributed by atoms with Gasteiger partial charge in [0, 0.05) is 33.9 Å². The Balaban J connectivity index is 2.06. The molecule has 0 spiro atoms. The van der Waals surface area contributed by atoms with E-state index in [1.54, 1.807) is 18.2 Å². The van der Waals surface area contributed by atoms with Crippen LogP contribution in [-0.2, 0) is 17.6 Å². The van der Waals surface area contributed by atoms with Crippen LogP contribution in [0.25, 0.3) is 0 Å². The molecule has 116 valence electrons. The second-order valence-electron chi connectivity index (χ2n) is 5.51. The van der Waals surface area contributed by atoms with Crippen LogP contribution in [0.1, 0.15) is 22.6 Å². The molecule has 0 aromatic heterocycles. The summed E-state index contributed by atoms with van der Waals surface area (Å²) in [4.78, 5) is 2.49. The molecule has 2 atom stereocenters. The summed E-state index contributed by atoms with van der Waals surface area (Å²) in [6.07, 6.45) is 0. The Morgan fingerprint density at radius 3 is 2.55 bits per heavy atom. The van der Waals surface area contributed by atoms with Crippen LogP contribution in [0.2, 0.25) is 10.0 Å². The molecule has 1 heterocycles. The van der Waals surface area contributed by atoms with Gasteiger partial charge in [-0.05, 0) is 59.1 Å². The van der Waals surface area contributed by atoms with Crippen molar-refractivity contribution in [1.82, 2.24) is 4.90 Å². The van der Waals surface area contributed by atoms with Crippen LogP contribution in [0, 0.1) is 0 Å². The topological polar surface area (TPSA) is 43.4 Å². The van der Waals surface area contributed by atoms with E-state index in [4.69, 9.17) is 23.2 Å². The van der Waals surface area contributed by atoms with Crippen LogP contribution >= 0.6 is 23.2 Å². The van der Waals surface area contributed by atoms with Gasteiger partial charge in [-0.15, -0.1) is 0 Å². The molecule has 22 heavy (non-hydrogen) atoms. The third-order valence-electron chi connectivity index (χ3n) is 3.97. The van der Waals surface area contributed by atoms with Crippen LogP contribution in [0.4, 0.5) is 0 Å². The van der Waals surface area contributed by atoms with Crippen LogP contribution < -0.4 is 0 Å².